The zero-order valence-electron chi connectivity index (χ0n) is 21.3. The third-order valence-corrected chi connectivity index (χ3v) is 7.21. The molecule has 0 bridgehead atoms. The van der Waals surface area contributed by atoms with Crippen molar-refractivity contribution in [2.24, 2.45) is 0 Å². The van der Waals surface area contributed by atoms with Crippen molar-refractivity contribution in [1.29, 1.82) is 0 Å². The summed E-state index contributed by atoms with van der Waals surface area (Å²) in [6.07, 6.45) is 17.4. The molecule has 0 spiro atoms. The summed E-state index contributed by atoms with van der Waals surface area (Å²) in [5.41, 5.74) is 3.69. The number of hydrogen-bond acceptors (Lipinski definition) is 1. The molecule has 1 nitrogen and oxygen atoms in total. The van der Waals surface area contributed by atoms with Crippen LogP contribution in [0.1, 0.15) is 134 Å². The lowest BCUT2D eigenvalue weighted by molar-refractivity contribution is 0.448. The lowest BCUT2D eigenvalue weighted by Gasteiger charge is -2.32. The Bertz CT molecular complexity index is 761. The normalized spacial score (nSPS) is 12.8. The molecule has 0 aliphatic heterocycles. The second kappa shape index (κ2) is 14.4. The molecule has 0 heterocycles. The fourth-order valence-corrected chi connectivity index (χ4v) is 5.19. The minimum Gasteiger partial charge on any atom is -0.508 e. The highest BCUT2D eigenvalue weighted by Crippen LogP contribution is 2.42. The SMILES string of the molecule is CCCCCCCCC(CCCCCCC)c1ccccc1C(C)(C)c1ccccc1O. The van der Waals surface area contributed by atoms with Gasteiger partial charge in [0.1, 0.15) is 5.75 Å². The second-order valence-corrected chi connectivity index (χ2v) is 10.2. The zero-order valence-corrected chi connectivity index (χ0v) is 21.3. The lowest BCUT2D eigenvalue weighted by Crippen LogP contribution is -2.22. The first-order valence-corrected chi connectivity index (χ1v) is 13.4. The summed E-state index contributed by atoms with van der Waals surface area (Å²) in [5, 5.41) is 10.6. The summed E-state index contributed by atoms with van der Waals surface area (Å²) in [4.78, 5) is 0. The van der Waals surface area contributed by atoms with E-state index >= 15 is 0 Å². The molecule has 1 unspecified atom stereocenters. The molecule has 1 N–H and O–H groups in total. The van der Waals surface area contributed by atoms with Gasteiger partial charge < -0.3 is 5.11 Å². The highest BCUT2D eigenvalue weighted by atomic mass is 16.3. The van der Waals surface area contributed by atoms with Crippen molar-refractivity contribution in [1.82, 2.24) is 0 Å². The molecular formula is C31H48O. The molecule has 0 aliphatic carbocycles. The van der Waals surface area contributed by atoms with Gasteiger partial charge in [-0.3, -0.25) is 0 Å². The van der Waals surface area contributed by atoms with E-state index in [1.807, 2.05) is 18.2 Å². The Kier molecular flexibility index (Phi) is 11.9. The van der Waals surface area contributed by atoms with Crippen molar-refractivity contribution in [3.8, 4) is 5.75 Å². The Morgan fingerprint density at radius 2 is 1.09 bits per heavy atom. The number of phenolic OH excluding ortho intramolecular Hbond substituents is 1. The molecule has 2 aromatic carbocycles. The van der Waals surface area contributed by atoms with E-state index in [0.717, 1.165) is 5.56 Å². The molecule has 0 amide bonds. The Morgan fingerprint density at radius 3 is 1.66 bits per heavy atom. The molecule has 1 atom stereocenters. The van der Waals surface area contributed by atoms with Gasteiger partial charge in [-0.05, 0) is 36.0 Å². The molecule has 0 aliphatic rings. The second-order valence-electron chi connectivity index (χ2n) is 10.2. The van der Waals surface area contributed by atoms with E-state index in [1.165, 1.54) is 94.6 Å². The Balaban J connectivity index is 2.21. The third-order valence-electron chi connectivity index (χ3n) is 7.21. The van der Waals surface area contributed by atoms with Crippen LogP contribution in [0.4, 0.5) is 0 Å². The van der Waals surface area contributed by atoms with E-state index in [0.29, 0.717) is 11.7 Å². The van der Waals surface area contributed by atoms with Gasteiger partial charge >= 0.3 is 0 Å². The highest BCUT2D eigenvalue weighted by Gasteiger charge is 2.30. The van der Waals surface area contributed by atoms with Crippen LogP contribution >= 0.6 is 0 Å². The minimum atomic E-state index is -0.219. The van der Waals surface area contributed by atoms with E-state index < -0.39 is 0 Å². The van der Waals surface area contributed by atoms with Gasteiger partial charge in [-0.1, -0.05) is 141 Å². The van der Waals surface area contributed by atoms with Crippen LogP contribution in [0.3, 0.4) is 0 Å². The predicted octanol–water partition coefficient (Wildman–Crippen LogP) is 9.91. The number of hydrogen-bond donors (Lipinski definition) is 1. The third kappa shape index (κ3) is 7.98. The molecule has 0 saturated heterocycles. The van der Waals surface area contributed by atoms with Crippen LogP contribution in [0.15, 0.2) is 48.5 Å². The summed E-state index contributed by atoms with van der Waals surface area (Å²) in [6, 6.07) is 16.9. The molecule has 178 valence electrons. The van der Waals surface area contributed by atoms with Crippen LogP contribution in [0, 0.1) is 0 Å². The fraction of sp³-hybridized carbons (Fsp3) is 0.613. The van der Waals surface area contributed by atoms with E-state index in [4.69, 9.17) is 0 Å². The summed E-state index contributed by atoms with van der Waals surface area (Å²) >= 11 is 0. The largest absolute Gasteiger partial charge is 0.508 e. The summed E-state index contributed by atoms with van der Waals surface area (Å²) in [6.45, 7) is 9.12. The smallest absolute Gasteiger partial charge is 0.119 e. The van der Waals surface area contributed by atoms with Crippen molar-refractivity contribution in [2.75, 3.05) is 0 Å². The van der Waals surface area contributed by atoms with Crippen LogP contribution in [-0.2, 0) is 5.41 Å². The first-order valence-electron chi connectivity index (χ1n) is 13.4. The van der Waals surface area contributed by atoms with E-state index in [1.54, 1.807) is 0 Å². The van der Waals surface area contributed by atoms with E-state index in [9.17, 15) is 5.11 Å². The van der Waals surface area contributed by atoms with E-state index in [2.05, 4.69) is 58.0 Å². The number of phenols is 1. The maximum atomic E-state index is 10.6. The molecule has 2 rings (SSSR count). The molecule has 0 aromatic heterocycles. The average molecular weight is 437 g/mol. The van der Waals surface area contributed by atoms with Crippen LogP contribution in [0.2, 0.25) is 0 Å². The van der Waals surface area contributed by atoms with Crippen LogP contribution in [-0.4, -0.2) is 5.11 Å². The van der Waals surface area contributed by atoms with Crippen molar-refractivity contribution in [2.45, 2.75) is 122 Å². The number of aromatic hydroxyl groups is 1. The summed E-state index contributed by atoms with van der Waals surface area (Å²) < 4.78 is 0. The highest BCUT2D eigenvalue weighted by molar-refractivity contribution is 5.48. The quantitative estimate of drug-likeness (QED) is 0.259. The van der Waals surface area contributed by atoms with Crippen molar-refractivity contribution >= 4 is 0 Å². The van der Waals surface area contributed by atoms with Crippen molar-refractivity contribution < 1.29 is 5.11 Å². The van der Waals surface area contributed by atoms with Gasteiger partial charge in [0.15, 0.2) is 0 Å². The van der Waals surface area contributed by atoms with Crippen LogP contribution in [0.25, 0.3) is 0 Å². The molecule has 0 radical (unpaired) electrons. The van der Waals surface area contributed by atoms with Gasteiger partial charge in [0, 0.05) is 11.0 Å². The van der Waals surface area contributed by atoms with Gasteiger partial charge in [-0.15, -0.1) is 0 Å². The number of unbranched alkanes of at least 4 members (excludes halogenated alkanes) is 9. The predicted molar refractivity (Wildman–Crippen MR) is 141 cm³/mol. The fourth-order valence-electron chi connectivity index (χ4n) is 5.19. The Morgan fingerprint density at radius 1 is 0.625 bits per heavy atom. The van der Waals surface area contributed by atoms with Gasteiger partial charge in [0.2, 0.25) is 0 Å². The van der Waals surface area contributed by atoms with Gasteiger partial charge in [0.25, 0.3) is 0 Å². The maximum Gasteiger partial charge on any atom is 0.119 e. The molecule has 0 fully saturated rings. The molecule has 2 aromatic rings. The topological polar surface area (TPSA) is 20.2 Å². The lowest BCUT2D eigenvalue weighted by atomic mass is 9.72. The first kappa shape index (κ1) is 26.5. The summed E-state index contributed by atoms with van der Waals surface area (Å²) in [5.74, 6) is 1.02. The molecule has 32 heavy (non-hydrogen) atoms. The Labute approximate surface area is 198 Å². The molecule has 1 heteroatoms. The summed E-state index contributed by atoms with van der Waals surface area (Å²) in [7, 11) is 0. The van der Waals surface area contributed by atoms with Gasteiger partial charge in [-0.25, -0.2) is 0 Å². The maximum absolute atomic E-state index is 10.6. The average Bonchev–Trinajstić information content (AvgIpc) is 2.80. The van der Waals surface area contributed by atoms with Gasteiger partial charge in [0.05, 0.1) is 0 Å². The first-order chi connectivity index (χ1) is 15.5. The van der Waals surface area contributed by atoms with Crippen molar-refractivity contribution in [3.05, 3.63) is 65.2 Å². The van der Waals surface area contributed by atoms with Crippen LogP contribution < -0.4 is 0 Å². The Hall–Kier alpha value is -1.76. The standard InChI is InChI=1S/C31H48O/c1-5-7-9-11-13-15-21-26(20-14-12-10-8-6-2)27-22-16-17-23-28(27)31(3,4)29-24-18-19-25-30(29)32/h16-19,22-26,32H,5-15,20-21H2,1-4H3. The van der Waals surface area contributed by atoms with Crippen LogP contribution in [0.5, 0.6) is 5.75 Å². The van der Waals surface area contributed by atoms with Crippen molar-refractivity contribution in [3.63, 3.8) is 0 Å². The van der Waals surface area contributed by atoms with Gasteiger partial charge in [-0.2, -0.15) is 0 Å². The molecular weight excluding hydrogens is 388 g/mol. The number of para-hydroxylation sites is 1. The van der Waals surface area contributed by atoms with E-state index in [-0.39, 0.29) is 5.41 Å². The number of rotatable bonds is 16. The molecule has 0 saturated carbocycles. The monoisotopic (exact) mass is 436 g/mol. The minimum absolute atomic E-state index is 0.219. The zero-order chi connectivity index (χ0) is 23.2. The number of benzene rings is 2.